The highest BCUT2D eigenvalue weighted by Crippen LogP contribution is 2.50. The summed E-state index contributed by atoms with van der Waals surface area (Å²) in [5.41, 5.74) is 2.34. The largest absolute Gasteiger partial charge is 0.507 e. The predicted octanol–water partition coefficient (Wildman–Crippen LogP) is 7.31. The smallest absolute Gasteiger partial charge is 0.171 e. The van der Waals surface area contributed by atoms with Crippen LogP contribution in [-0.4, -0.2) is 5.11 Å². The Kier molecular flexibility index (Phi) is 5.48. The number of benzene rings is 6. The number of rotatable bonds is 4. The first-order chi connectivity index (χ1) is 17.6. The van der Waals surface area contributed by atoms with Gasteiger partial charge in [0.2, 0.25) is 0 Å². The number of phenolic OH excluding ortho intramolecular Hbond substituents is 1. The van der Waals surface area contributed by atoms with Crippen molar-refractivity contribution < 1.29 is 9.67 Å². The van der Waals surface area contributed by atoms with Crippen LogP contribution in [0.25, 0.3) is 32.7 Å². The van der Waals surface area contributed by atoms with Crippen molar-refractivity contribution in [1.29, 1.82) is 0 Å². The van der Waals surface area contributed by atoms with Gasteiger partial charge in [-0.05, 0) is 46.2 Å². The van der Waals surface area contributed by atoms with Crippen LogP contribution in [0.2, 0.25) is 0 Å². The van der Waals surface area contributed by atoms with Gasteiger partial charge in [-0.3, -0.25) is 0 Å². The molecule has 174 valence electrons. The summed E-state index contributed by atoms with van der Waals surface area (Å²) >= 11 is 0. The van der Waals surface area contributed by atoms with Gasteiger partial charge in [0.25, 0.3) is 0 Å². The van der Waals surface area contributed by atoms with Gasteiger partial charge in [0.15, 0.2) is 7.14 Å². The maximum absolute atomic E-state index is 15.5. The Balaban J connectivity index is 1.83. The molecule has 6 aromatic carbocycles. The Labute approximate surface area is 210 Å². The van der Waals surface area contributed by atoms with Gasteiger partial charge in [0, 0.05) is 27.0 Å². The third kappa shape index (κ3) is 3.46. The van der Waals surface area contributed by atoms with Crippen molar-refractivity contribution in [1.82, 2.24) is 0 Å². The van der Waals surface area contributed by atoms with E-state index in [4.69, 9.17) is 0 Å². The summed E-state index contributed by atoms with van der Waals surface area (Å²) in [6.07, 6.45) is 0. The van der Waals surface area contributed by atoms with Crippen molar-refractivity contribution in [2.75, 3.05) is 0 Å². The number of fused-ring (bicyclic) bond motifs is 2. The molecule has 0 aromatic heterocycles. The SMILES string of the molecule is Cc1cc2ccccc2c(-c2c(P(=O)(c3ccccc3)c3ccccc3)ccc3ccccc23)c1O. The molecule has 0 aliphatic carbocycles. The van der Waals surface area contributed by atoms with Crippen LogP contribution in [0.3, 0.4) is 0 Å². The lowest BCUT2D eigenvalue weighted by Gasteiger charge is -2.25. The molecule has 3 heteroatoms. The molecule has 0 fully saturated rings. The normalized spacial score (nSPS) is 11.7. The second-order valence-corrected chi connectivity index (χ2v) is 11.8. The first-order valence-corrected chi connectivity index (χ1v) is 13.7. The van der Waals surface area contributed by atoms with E-state index in [1.165, 1.54) is 0 Å². The minimum absolute atomic E-state index is 0.221. The van der Waals surface area contributed by atoms with Gasteiger partial charge in [-0.1, -0.05) is 115 Å². The lowest BCUT2D eigenvalue weighted by atomic mass is 9.91. The first-order valence-electron chi connectivity index (χ1n) is 12.0. The van der Waals surface area contributed by atoms with Gasteiger partial charge in [-0.15, -0.1) is 0 Å². The summed E-state index contributed by atoms with van der Waals surface area (Å²) in [7, 11) is -3.31. The number of hydrogen-bond acceptors (Lipinski definition) is 2. The summed E-state index contributed by atoms with van der Waals surface area (Å²) in [5.74, 6) is 0.221. The second kappa shape index (κ2) is 8.82. The lowest BCUT2D eigenvalue weighted by molar-refractivity contribution is 0.474. The minimum atomic E-state index is -3.31. The maximum Gasteiger partial charge on any atom is 0.171 e. The molecule has 6 aromatic rings. The third-order valence-corrected chi connectivity index (χ3v) is 10.1. The summed E-state index contributed by atoms with van der Waals surface area (Å²) < 4.78 is 15.5. The Hall–Kier alpha value is -4.13. The van der Waals surface area contributed by atoms with E-state index < -0.39 is 7.14 Å². The quantitative estimate of drug-likeness (QED) is 0.266. The zero-order valence-corrected chi connectivity index (χ0v) is 20.8. The van der Waals surface area contributed by atoms with Gasteiger partial charge in [0.05, 0.1) is 0 Å². The summed E-state index contributed by atoms with van der Waals surface area (Å²) in [6.45, 7) is 1.92. The molecule has 0 heterocycles. The molecule has 0 bridgehead atoms. The lowest BCUT2D eigenvalue weighted by Crippen LogP contribution is -2.26. The molecule has 0 aliphatic heterocycles. The number of phenols is 1. The Morgan fingerprint density at radius 1 is 0.556 bits per heavy atom. The van der Waals surface area contributed by atoms with E-state index in [1.807, 2.05) is 116 Å². The van der Waals surface area contributed by atoms with E-state index in [0.29, 0.717) is 0 Å². The van der Waals surface area contributed by atoms with Crippen LogP contribution in [0, 0.1) is 6.92 Å². The van der Waals surface area contributed by atoms with Crippen LogP contribution in [0.15, 0.2) is 127 Å². The molecule has 6 rings (SSSR count). The van der Waals surface area contributed by atoms with Crippen molar-refractivity contribution in [3.8, 4) is 16.9 Å². The van der Waals surface area contributed by atoms with E-state index in [2.05, 4.69) is 18.2 Å². The average molecular weight is 485 g/mol. The number of aryl methyl sites for hydroxylation is 1. The fourth-order valence-electron chi connectivity index (χ4n) is 5.22. The molecule has 36 heavy (non-hydrogen) atoms. The standard InChI is InChI=1S/C33H25O2P/c1-23-22-25-13-9-11-19-29(25)32(33(23)34)31-28-18-10-8-12-24(28)20-21-30(31)36(35,26-14-4-2-5-15-26)27-16-6-3-7-17-27/h2-22,34H,1H3. The molecular formula is C33H25O2P. The first kappa shape index (κ1) is 22.3. The highest BCUT2D eigenvalue weighted by Gasteiger charge is 2.34. The molecule has 0 saturated carbocycles. The molecule has 0 saturated heterocycles. The molecule has 0 amide bonds. The predicted molar refractivity (Wildman–Crippen MR) is 153 cm³/mol. The monoisotopic (exact) mass is 484 g/mol. The Morgan fingerprint density at radius 2 is 1.06 bits per heavy atom. The minimum Gasteiger partial charge on any atom is -0.507 e. The van der Waals surface area contributed by atoms with Crippen LogP contribution < -0.4 is 15.9 Å². The highest BCUT2D eigenvalue weighted by molar-refractivity contribution is 7.85. The maximum atomic E-state index is 15.5. The van der Waals surface area contributed by atoms with E-state index in [9.17, 15) is 5.11 Å². The molecule has 0 aliphatic rings. The van der Waals surface area contributed by atoms with Gasteiger partial charge in [-0.25, -0.2) is 0 Å². The number of aromatic hydroxyl groups is 1. The Morgan fingerprint density at radius 3 is 1.67 bits per heavy atom. The van der Waals surface area contributed by atoms with Crippen molar-refractivity contribution >= 4 is 44.6 Å². The molecule has 0 unspecified atom stereocenters. The van der Waals surface area contributed by atoms with Crippen LogP contribution in [0.4, 0.5) is 0 Å². The van der Waals surface area contributed by atoms with Crippen molar-refractivity contribution in [3.05, 3.63) is 133 Å². The average Bonchev–Trinajstić information content (AvgIpc) is 2.94. The fourth-order valence-corrected chi connectivity index (χ4v) is 8.09. The second-order valence-electron chi connectivity index (χ2n) is 9.10. The van der Waals surface area contributed by atoms with Crippen molar-refractivity contribution in [2.24, 2.45) is 0 Å². The summed E-state index contributed by atoms with van der Waals surface area (Å²) in [4.78, 5) is 0. The van der Waals surface area contributed by atoms with E-state index >= 15 is 4.57 Å². The molecule has 1 N–H and O–H groups in total. The topological polar surface area (TPSA) is 37.3 Å². The van der Waals surface area contributed by atoms with Gasteiger partial charge >= 0.3 is 0 Å². The Bertz CT molecular complexity index is 1730. The van der Waals surface area contributed by atoms with Crippen LogP contribution in [0.5, 0.6) is 5.75 Å². The van der Waals surface area contributed by atoms with Crippen LogP contribution >= 0.6 is 7.14 Å². The zero-order chi connectivity index (χ0) is 24.7. The fraction of sp³-hybridized carbons (Fsp3) is 0.0303. The van der Waals surface area contributed by atoms with E-state index in [0.717, 1.165) is 54.1 Å². The van der Waals surface area contributed by atoms with Crippen LogP contribution in [0.1, 0.15) is 5.56 Å². The highest BCUT2D eigenvalue weighted by atomic mass is 31.2. The molecule has 0 radical (unpaired) electrons. The van der Waals surface area contributed by atoms with E-state index in [-0.39, 0.29) is 5.75 Å². The molecule has 0 spiro atoms. The third-order valence-electron chi connectivity index (χ3n) is 6.95. The zero-order valence-electron chi connectivity index (χ0n) is 19.9. The molecule has 0 atom stereocenters. The van der Waals surface area contributed by atoms with Crippen LogP contribution in [-0.2, 0) is 4.57 Å². The van der Waals surface area contributed by atoms with Gasteiger partial charge in [0.1, 0.15) is 5.75 Å². The summed E-state index contributed by atoms with van der Waals surface area (Å²) in [5, 5.41) is 17.8. The molecule has 2 nitrogen and oxygen atoms in total. The number of hydrogen-bond donors (Lipinski definition) is 1. The van der Waals surface area contributed by atoms with Crippen molar-refractivity contribution in [3.63, 3.8) is 0 Å². The van der Waals surface area contributed by atoms with Crippen molar-refractivity contribution in [2.45, 2.75) is 6.92 Å². The summed E-state index contributed by atoms with van der Waals surface area (Å²) in [6, 6.07) is 41.7. The van der Waals surface area contributed by atoms with Gasteiger partial charge in [-0.2, -0.15) is 0 Å². The molecular weight excluding hydrogens is 459 g/mol. The van der Waals surface area contributed by atoms with E-state index in [1.54, 1.807) is 0 Å². The van der Waals surface area contributed by atoms with Gasteiger partial charge < -0.3 is 9.67 Å².